The summed E-state index contributed by atoms with van der Waals surface area (Å²) < 4.78 is 38.8. The molecule has 2 nitrogen and oxygen atoms in total. The van der Waals surface area contributed by atoms with Crippen molar-refractivity contribution >= 4 is 27.2 Å². The van der Waals surface area contributed by atoms with Crippen LogP contribution in [0.3, 0.4) is 0 Å². The number of hydrogen-bond donors (Lipinski definition) is 1. The van der Waals surface area contributed by atoms with Crippen molar-refractivity contribution in [2.24, 2.45) is 5.73 Å². The van der Waals surface area contributed by atoms with Gasteiger partial charge in [-0.15, -0.1) is 11.3 Å². The van der Waals surface area contributed by atoms with Crippen LogP contribution < -0.4 is 5.73 Å². The molecule has 1 aromatic carbocycles. The van der Waals surface area contributed by atoms with Crippen LogP contribution in [0.4, 0.5) is 13.2 Å². The zero-order chi connectivity index (χ0) is 13.6. The summed E-state index contributed by atoms with van der Waals surface area (Å²) in [6.07, 6.45) is -4.77. The van der Waals surface area contributed by atoms with Gasteiger partial charge in [0.05, 0.1) is 0 Å². The molecule has 2 N–H and O–H groups in total. The lowest BCUT2D eigenvalue weighted by atomic mass is 9.91. The van der Waals surface area contributed by atoms with E-state index in [4.69, 9.17) is 5.73 Å². The number of fused-ring (bicyclic) bond motifs is 1. The first-order chi connectivity index (χ1) is 8.25. The molecule has 0 aliphatic rings. The maximum atomic E-state index is 12.8. The van der Waals surface area contributed by atoms with Crippen LogP contribution >= 0.6 is 11.3 Å². The number of hydrogen-bond acceptors (Lipinski definition) is 3. The Morgan fingerprint density at radius 1 is 1.28 bits per heavy atom. The molecule has 0 aliphatic carbocycles. The largest absolute Gasteiger partial charge is 0.413 e. The van der Waals surface area contributed by atoms with Gasteiger partial charge < -0.3 is 5.73 Å². The second-order valence-corrected chi connectivity index (χ2v) is 5.09. The highest BCUT2D eigenvalue weighted by Crippen LogP contribution is 2.34. The fourth-order valence-corrected chi connectivity index (χ4v) is 2.49. The summed E-state index contributed by atoms with van der Waals surface area (Å²) in [6, 6.07) is 6.41. The average molecular weight is 273 g/mol. The minimum atomic E-state index is -4.77. The first kappa shape index (κ1) is 13.0. The summed E-state index contributed by atoms with van der Waals surface area (Å²) in [4.78, 5) is 12.0. The van der Waals surface area contributed by atoms with Gasteiger partial charge in [-0.2, -0.15) is 13.2 Å². The maximum absolute atomic E-state index is 12.8. The smallest absolute Gasteiger partial charge is 0.311 e. The molecule has 0 amide bonds. The van der Waals surface area contributed by atoms with Gasteiger partial charge in [0, 0.05) is 10.3 Å². The second-order valence-electron chi connectivity index (χ2n) is 4.17. The van der Waals surface area contributed by atoms with Crippen molar-refractivity contribution in [1.82, 2.24) is 0 Å². The number of halogens is 3. The SMILES string of the molecule is CC(N)(C(=O)c1cccc2ccsc12)C(F)(F)F. The number of rotatable bonds is 2. The number of alkyl halides is 3. The van der Waals surface area contributed by atoms with Gasteiger partial charge in [-0.05, 0) is 29.8 Å². The van der Waals surface area contributed by atoms with E-state index < -0.39 is 17.5 Å². The Kier molecular flexibility index (Phi) is 2.95. The Hall–Kier alpha value is -1.40. The van der Waals surface area contributed by atoms with E-state index in [1.807, 2.05) is 0 Å². The molecule has 0 bridgehead atoms. The fraction of sp³-hybridized carbons (Fsp3) is 0.250. The van der Waals surface area contributed by atoms with Crippen molar-refractivity contribution in [2.75, 3.05) is 0 Å². The number of benzene rings is 1. The number of ketones is 1. The van der Waals surface area contributed by atoms with Crippen LogP contribution in [-0.4, -0.2) is 17.5 Å². The standard InChI is InChI=1S/C12H10F3NOS/c1-11(16,12(13,14)15)10(17)8-4-2-3-7-5-6-18-9(7)8/h2-6H,16H2,1H3. The van der Waals surface area contributed by atoms with Crippen LogP contribution in [0.15, 0.2) is 29.6 Å². The third-order valence-electron chi connectivity index (χ3n) is 2.78. The lowest BCUT2D eigenvalue weighted by molar-refractivity contribution is -0.165. The maximum Gasteiger partial charge on any atom is 0.413 e. The highest BCUT2D eigenvalue weighted by atomic mass is 32.1. The molecule has 1 heterocycles. The summed E-state index contributed by atoms with van der Waals surface area (Å²) in [5.41, 5.74) is 2.31. The first-order valence-corrected chi connectivity index (χ1v) is 6.00. The highest BCUT2D eigenvalue weighted by Gasteiger charge is 2.54. The molecule has 2 aromatic rings. The van der Waals surface area contributed by atoms with Crippen LogP contribution in [0.25, 0.3) is 10.1 Å². The van der Waals surface area contributed by atoms with Crippen molar-refractivity contribution < 1.29 is 18.0 Å². The van der Waals surface area contributed by atoms with Crippen LogP contribution in [0.2, 0.25) is 0 Å². The van der Waals surface area contributed by atoms with E-state index in [1.165, 1.54) is 17.4 Å². The summed E-state index contributed by atoms with van der Waals surface area (Å²) in [6.45, 7) is 0.696. The monoisotopic (exact) mass is 273 g/mol. The number of carbonyl (C=O) groups is 1. The van der Waals surface area contributed by atoms with Gasteiger partial charge in [0.15, 0.2) is 11.3 Å². The Balaban J connectivity index is 2.56. The summed E-state index contributed by atoms with van der Waals surface area (Å²) in [5, 5.41) is 2.46. The highest BCUT2D eigenvalue weighted by molar-refractivity contribution is 7.17. The van der Waals surface area contributed by atoms with Gasteiger partial charge in [-0.3, -0.25) is 4.79 Å². The quantitative estimate of drug-likeness (QED) is 0.852. The zero-order valence-corrected chi connectivity index (χ0v) is 10.2. The Morgan fingerprint density at radius 3 is 2.56 bits per heavy atom. The molecule has 0 saturated heterocycles. The van der Waals surface area contributed by atoms with Gasteiger partial charge >= 0.3 is 6.18 Å². The predicted octanol–water partition coefficient (Wildman–Crippen LogP) is 3.36. The molecule has 0 spiro atoms. The van der Waals surface area contributed by atoms with Gasteiger partial charge in [0.1, 0.15) is 0 Å². The minimum Gasteiger partial charge on any atom is -0.311 e. The number of nitrogens with two attached hydrogens (primary N) is 1. The number of thiophene rings is 1. The van der Waals surface area contributed by atoms with E-state index in [9.17, 15) is 18.0 Å². The third kappa shape index (κ3) is 1.91. The number of Topliss-reactive ketones (excluding diaryl/α,β-unsaturated/α-hetero) is 1. The van der Waals surface area contributed by atoms with Gasteiger partial charge in [0.25, 0.3) is 0 Å². The van der Waals surface area contributed by atoms with Gasteiger partial charge in [0.2, 0.25) is 0 Å². The van der Waals surface area contributed by atoms with Crippen molar-refractivity contribution in [3.63, 3.8) is 0 Å². The molecule has 0 saturated carbocycles. The lowest BCUT2D eigenvalue weighted by Gasteiger charge is -2.26. The van der Waals surface area contributed by atoms with Crippen LogP contribution in [0.5, 0.6) is 0 Å². The van der Waals surface area contributed by atoms with Crippen molar-refractivity contribution in [3.8, 4) is 0 Å². The molecule has 2 rings (SSSR count). The molecular formula is C12H10F3NOS. The topological polar surface area (TPSA) is 43.1 Å². The van der Waals surface area contributed by atoms with Crippen LogP contribution in [-0.2, 0) is 0 Å². The molecule has 6 heteroatoms. The Bertz CT molecular complexity index is 601. The summed E-state index contributed by atoms with van der Waals surface area (Å²) in [5.74, 6) is -1.11. The third-order valence-corrected chi connectivity index (χ3v) is 3.75. The molecule has 1 unspecified atom stereocenters. The second kappa shape index (κ2) is 4.07. The predicted molar refractivity (Wildman–Crippen MR) is 64.8 cm³/mol. The molecule has 1 atom stereocenters. The number of carbonyl (C=O) groups excluding carboxylic acids is 1. The van der Waals surface area contributed by atoms with E-state index in [-0.39, 0.29) is 5.56 Å². The molecule has 1 aromatic heterocycles. The van der Waals surface area contributed by atoms with E-state index in [0.29, 0.717) is 11.6 Å². The van der Waals surface area contributed by atoms with Gasteiger partial charge in [-0.25, -0.2) is 0 Å². The normalized spacial score (nSPS) is 15.6. The van der Waals surface area contributed by atoms with Crippen LogP contribution in [0.1, 0.15) is 17.3 Å². The summed E-state index contributed by atoms with van der Waals surface area (Å²) >= 11 is 1.23. The Morgan fingerprint density at radius 2 is 1.94 bits per heavy atom. The molecule has 0 aliphatic heterocycles. The van der Waals surface area contributed by atoms with Crippen molar-refractivity contribution in [3.05, 3.63) is 35.2 Å². The summed E-state index contributed by atoms with van der Waals surface area (Å²) in [7, 11) is 0. The van der Waals surface area contributed by atoms with Crippen LogP contribution in [0, 0.1) is 0 Å². The molecule has 0 radical (unpaired) electrons. The minimum absolute atomic E-state index is 0.0184. The molecule has 18 heavy (non-hydrogen) atoms. The van der Waals surface area contributed by atoms with Crippen molar-refractivity contribution in [2.45, 2.75) is 18.6 Å². The fourth-order valence-electron chi connectivity index (χ4n) is 1.58. The average Bonchev–Trinajstić information content (AvgIpc) is 2.73. The van der Waals surface area contributed by atoms with E-state index >= 15 is 0 Å². The van der Waals surface area contributed by atoms with Crippen molar-refractivity contribution in [1.29, 1.82) is 0 Å². The molecular weight excluding hydrogens is 263 g/mol. The van der Waals surface area contributed by atoms with E-state index in [2.05, 4.69) is 0 Å². The van der Waals surface area contributed by atoms with E-state index in [0.717, 1.165) is 5.39 Å². The first-order valence-electron chi connectivity index (χ1n) is 5.12. The molecule has 0 fully saturated rings. The zero-order valence-electron chi connectivity index (χ0n) is 9.41. The Labute approximate surface area is 105 Å². The lowest BCUT2D eigenvalue weighted by Crippen LogP contribution is -2.57. The van der Waals surface area contributed by atoms with Gasteiger partial charge in [-0.1, -0.05) is 12.1 Å². The van der Waals surface area contributed by atoms with E-state index in [1.54, 1.807) is 23.6 Å². The molecule has 96 valence electrons.